The van der Waals surface area contributed by atoms with Crippen LogP contribution in [0.4, 0.5) is 10.5 Å². The van der Waals surface area contributed by atoms with E-state index in [2.05, 4.69) is 18.8 Å². The van der Waals surface area contributed by atoms with Gasteiger partial charge in [0.15, 0.2) is 0 Å². The Bertz CT molecular complexity index is 772. The summed E-state index contributed by atoms with van der Waals surface area (Å²) in [7, 11) is 1.58. The van der Waals surface area contributed by atoms with E-state index in [0.717, 1.165) is 11.3 Å². The van der Waals surface area contributed by atoms with E-state index in [9.17, 15) is 14.7 Å². The molecule has 2 aliphatic rings. The van der Waals surface area contributed by atoms with Crippen LogP contribution in [0.5, 0.6) is 0 Å². The van der Waals surface area contributed by atoms with Crippen molar-refractivity contribution in [1.29, 1.82) is 0 Å². The van der Waals surface area contributed by atoms with Crippen LogP contribution in [0.15, 0.2) is 12.3 Å². The zero-order valence-corrected chi connectivity index (χ0v) is 17.4. The molecule has 2 aliphatic heterocycles. The predicted molar refractivity (Wildman–Crippen MR) is 106 cm³/mol. The van der Waals surface area contributed by atoms with Gasteiger partial charge in [0, 0.05) is 50.0 Å². The number of carbonyl (C=O) groups is 2. The van der Waals surface area contributed by atoms with Crippen LogP contribution in [-0.4, -0.2) is 83.9 Å². The number of piperazine rings is 1. The van der Waals surface area contributed by atoms with Crippen molar-refractivity contribution in [1.82, 2.24) is 14.8 Å². The number of amides is 2. The van der Waals surface area contributed by atoms with Crippen molar-refractivity contribution >= 4 is 29.3 Å². The van der Waals surface area contributed by atoms with Crippen LogP contribution in [0.2, 0.25) is 5.15 Å². The molecule has 0 unspecified atom stereocenters. The fourth-order valence-electron chi connectivity index (χ4n) is 4.13. The Morgan fingerprint density at radius 2 is 2.11 bits per heavy atom. The first-order chi connectivity index (χ1) is 13.1. The number of carbonyl (C=O) groups excluding carboxylic acids is 1. The number of rotatable bonds is 4. The molecule has 0 aliphatic carbocycles. The van der Waals surface area contributed by atoms with Crippen LogP contribution in [0.3, 0.4) is 0 Å². The molecule has 0 radical (unpaired) electrons. The second kappa shape index (κ2) is 7.85. The molecule has 9 heteroatoms. The van der Waals surface area contributed by atoms with Crippen LogP contribution in [0, 0.1) is 0 Å². The third-order valence-corrected chi connectivity index (χ3v) is 5.83. The van der Waals surface area contributed by atoms with Crippen LogP contribution < -0.4 is 4.90 Å². The van der Waals surface area contributed by atoms with E-state index in [1.165, 1.54) is 4.90 Å². The first kappa shape index (κ1) is 20.8. The van der Waals surface area contributed by atoms with Crippen LogP contribution in [0.1, 0.15) is 26.3 Å². The molecule has 1 saturated heterocycles. The molecule has 1 aromatic rings. The molecular weight excluding hydrogens is 384 g/mol. The van der Waals surface area contributed by atoms with E-state index in [4.69, 9.17) is 16.3 Å². The van der Waals surface area contributed by atoms with Gasteiger partial charge in [-0.1, -0.05) is 25.4 Å². The van der Waals surface area contributed by atoms with Gasteiger partial charge < -0.3 is 19.6 Å². The lowest BCUT2D eigenvalue weighted by Gasteiger charge is -2.43. The van der Waals surface area contributed by atoms with Gasteiger partial charge in [0.05, 0.1) is 24.9 Å². The van der Waals surface area contributed by atoms with Crippen molar-refractivity contribution in [3.63, 3.8) is 0 Å². The molecule has 1 fully saturated rings. The normalized spacial score (nSPS) is 24.3. The van der Waals surface area contributed by atoms with E-state index in [1.807, 2.05) is 11.8 Å². The molecule has 2 atom stereocenters. The van der Waals surface area contributed by atoms with Gasteiger partial charge in [0.2, 0.25) is 5.91 Å². The minimum atomic E-state index is -0.947. The average Bonchev–Trinajstić information content (AvgIpc) is 2.87. The smallest absolute Gasteiger partial charge is 0.407 e. The number of anilines is 1. The van der Waals surface area contributed by atoms with Crippen LogP contribution in [0.25, 0.3) is 0 Å². The Morgan fingerprint density at radius 1 is 1.39 bits per heavy atom. The van der Waals surface area contributed by atoms with Crippen molar-refractivity contribution in [3.8, 4) is 0 Å². The van der Waals surface area contributed by atoms with Gasteiger partial charge in [-0.2, -0.15) is 0 Å². The molecule has 3 rings (SSSR count). The summed E-state index contributed by atoms with van der Waals surface area (Å²) in [6.45, 7) is 7.93. The minimum absolute atomic E-state index is 0.0360. The van der Waals surface area contributed by atoms with Crippen molar-refractivity contribution in [2.45, 2.75) is 38.3 Å². The number of methoxy groups -OCH3 is 1. The molecule has 154 valence electrons. The molecule has 2 amide bonds. The van der Waals surface area contributed by atoms with Crippen molar-refractivity contribution in [3.05, 3.63) is 23.0 Å². The number of ether oxygens (including phenoxy) is 1. The Hall–Kier alpha value is -1.90. The number of carboxylic acid groups (broad SMARTS) is 1. The lowest BCUT2D eigenvalue weighted by molar-refractivity contribution is -0.121. The summed E-state index contributed by atoms with van der Waals surface area (Å²) in [6, 6.07) is 1.37. The largest absolute Gasteiger partial charge is 0.465 e. The Kier molecular flexibility index (Phi) is 5.84. The summed E-state index contributed by atoms with van der Waals surface area (Å²) in [5, 5.41) is 9.76. The van der Waals surface area contributed by atoms with Crippen molar-refractivity contribution in [2.24, 2.45) is 0 Å². The van der Waals surface area contributed by atoms with Gasteiger partial charge in [-0.05, 0) is 13.0 Å². The summed E-state index contributed by atoms with van der Waals surface area (Å²) < 4.78 is 5.28. The second-order valence-electron chi connectivity index (χ2n) is 8.21. The predicted octanol–water partition coefficient (Wildman–Crippen LogP) is 2.06. The highest BCUT2D eigenvalue weighted by Crippen LogP contribution is 2.41. The van der Waals surface area contributed by atoms with E-state index in [1.54, 1.807) is 24.3 Å². The third kappa shape index (κ3) is 3.94. The Morgan fingerprint density at radius 3 is 2.75 bits per heavy atom. The SMILES string of the molecule is COC[C@H]1CN(C(=O)O)[C@H](C)CN1CC(=O)N1CC(C)(C)c2cnc(Cl)cc21. The van der Waals surface area contributed by atoms with E-state index >= 15 is 0 Å². The fraction of sp³-hybridized carbons (Fsp3) is 0.632. The molecular formula is C19H27ClN4O4. The summed E-state index contributed by atoms with van der Waals surface area (Å²) in [5.41, 5.74) is 1.60. The number of pyridine rings is 1. The minimum Gasteiger partial charge on any atom is -0.465 e. The fourth-order valence-corrected chi connectivity index (χ4v) is 4.28. The summed E-state index contributed by atoms with van der Waals surface area (Å²) >= 11 is 6.07. The number of aromatic nitrogens is 1. The lowest BCUT2D eigenvalue weighted by atomic mass is 9.88. The number of fused-ring (bicyclic) bond motifs is 1. The molecule has 28 heavy (non-hydrogen) atoms. The van der Waals surface area contributed by atoms with Gasteiger partial charge in [0.1, 0.15) is 5.15 Å². The van der Waals surface area contributed by atoms with Crippen molar-refractivity contribution < 1.29 is 19.4 Å². The Balaban J connectivity index is 1.79. The summed E-state index contributed by atoms with van der Waals surface area (Å²) in [5.74, 6) is -0.0360. The van der Waals surface area contributed by atoms with E-state index in [-0.39, 0.29) is 30.0 Å². The first-order valence-electron chi connectivity index (χ1n) is 9.33. The van der Waals surface area contributed by atoms with Gasteiger partial charge in [-0.25, -0.2) is 9.78 Å². The standard InChI is InChI=1S/C19H27ClN4O4/c1-12-7-22(13(10-28-4)8-23(12)18(26)27)9-17(25)24-11-19(2,3)14-6-21-16(20)5-15(14)24/h5-6,12-13H,7-11H2,1-4H3,(H,26,27)/t12-,13-/m1/s1. The first-order valence-corrected chi connectivity index (χ1v) is 9.70. The molecule has 0 bridgehead atoms. The maximum Gasteiger partial charge on any atom is 0.407 e. The zero-order valence-electron chi connectivity index (χ0n) is 16.7. The number of hydrogen-bond donors (Lipinski definition) is 1. The lowest BCUT2D eigenvalue weighted by Crippen LogP contribution is -2.61. The van der Waals surface area contributed by atoms with Crippen LogP contribution in [-0.2, 0) is 14.9 Å². The van der Waals surface area contributed by atoms with Crippen LogP contribution >= 0.6 is 11.6 Å². The average molecular weight is 411 g/mol. The quantitative estimate of drug-likeness (QED) is 0.764. The third-order valence-electron chi connectivity index (χ3n) is 5.62. The van der Waals surface area contributed by atoms with E-state index < -0.39 is 6.09 Å². The molecule has 0 saturated carbocycles. The molecule has 0 spiro atoms. The Labute approximate surface area is 170 Å². The number of halogens is 1. The molecule has 8 nitrogen and oxygen atoms in total. The molecule has 3 heterocycles. The maximum absolute atomic E-state index is 13.2. The molecule has 1 N–H and O–H groups in total. The highest BCUT2D eigenvalue weighted by Gasteiger charge is 2.41. The summed E-state index contributed by atoms with van der Waals surface area (Å²) in [6.07, 6.45) is 0.795. The van der Waals surface area contributed by atoms with Gasteiger partial charge >= 0.3 is 6.09 Å². The second-order valence-corrected chi connectivity index (χ2v) is 8.60. The van der Waals surface area contributed by atoms with Gasteiger partial charge in [-0.3, -0.25) is 9.69 Å². The zero-order chi connectivity index (χ0) is 20.6. The topological polar surface area (TPSA) is 86.2 Å². The highest BCUT2D eigenvalue weighted by molar-refractivity contribution is 6.29. The molecule has 1 aromatic heterocycles. The maximum atomic E-state index is 13.2. The highest BCUT2D eigenvalue weighted by atomic mass is 35.5. The molecule has 0 aromatic carbocycles. The number of nitrogens with zero attached hydrogens (tertiary/aromatic N) is 4. The monoisotopic (exact) mass is 410 g/mol. The van der Waals surface area contributed by atoms with E-state index in [0.29, 0.717) is 31.4 Å². The van der Waals surface area contributed by atoms with Gasteiger partial charge in [0.25, 0.3) is 0 Å². The summed E-state index contributed by atoms with van der Waals surface area (Å²) in [4.78, 5) is 34.0. The van der Waals surface area contributed by atoms with Crippen molar-refractivity contribution in [2.75, 3.05) is 44.8 Å². The van der Waals surface area contributed by atoms with Gasteiger partial charge in [-0.15, -0.1) is 0 Å². The number of hydrogen-bond acceptors (Lipinski definition) is 5.